The first kappa shape index (κ1) is 19.8. The molecule has 3 aromatic rings. The molecule has 0 fully saturated rings. The summed E-state index contributed by atoms with van der Waals surface area (Å²) in [6.07, 6.45) is 0.894. The molecule has 4 heteroatoms. The lowest BCUT2D eigenvalue weighted by atomic mass is 10.2. The fraction of sp³-hybridized carbons (Fsp3) is 0.250. The van der Waals surface area contributed by atoms with Crippen LogP contribution >= 0.6 is 0 Å². The molecule has 0 spiro atoms. The van der Waals surface area contributed by atoms with E-state index >= 15 is 0 Å². The fourth-order valence-electron chi connectivity index (χ4n) is 2.85. The molecular formula is C24H27NO3. The summed E-state index contributed by atoms with van der Waals surface area (Å²) in [5.41, 5.74) is 3.40. The summed E-state index contributed by atoms with van der Waals surface area (Å²) in [6.45, 7) is 2.45. The first-order chi connectivity index (χ1) is 13.8. The normalized spacial score (nSPS) is 10.5. The molecule has 0 bridgehead atoms. The Bertz CT molecular complexity index is 836. The molecule has 0 aliphatic rings. The molecule has 0 radical (unpaired) electrons. The summed E-state index contributed by atoms with van der Waals surface area (Å²) in [5, 5.41) is 3.45. The van der Waals surface area contributed by atoms with E-state index in [0.717, 1.165) is 29.2 Å². The maximum absolute atomic E-state index is 5.91. The molecule has 0 saturated heterocycles. The van der Waals surface area contributed by atoms with E-state index in [9.17, 15) is 0 Å². The summed E-state index contributed by atoms with van der Waals surface area (Å²) in [7, 11) is 1.67. The van der Waals surface area contributed by atoms with Crippen LogP contribution in [0.25, 0.3) is 0 Å². The van der Waals surface area contributed by atoms with Crippen molar-refractivity contribution in [1.82, 2.24) is 0 Å². The van der Waals surface area contributed by atoms with Crippen LogP contribution in [0, 0.1) is 0 Å². The Hall–Kier alpha value is -2.98. The average Bonchev–Trinajstić information content (AvgIpc) is 2.74. The first-order valence-corrected chi connectivity index (χ1v) is 9.55. The van der Waals surface area contributed by atoms with Crippen LogP contribution in [0.2, 0.25) is 0 Å². The molecule has 1 N–H and O–H groups in total. The fourth-order valence-corrected chi connectivity index (χ4v) is 2.85. The minimum absolute atomic E-state index is 0.540. The first-order valence-electron chi connectivity index (χ1n) is 9.55. The van der Waals surface area contributed by atoms with Crippen molar-refractivity contribution < 1.29 is 14.2 Å². The topological polar surface area (TPSA) is 39.7 Å². The maximum Gasteiger partial charge on any atom is 0.124 e. The maximum atomic E-state index is 5.91. The van der Waals surface area contributed by atoms with Crippen LogP contribution in [-0.4, -0.2) is 26.9 Å². The Labute approximate surface area is 167 Å². The second-order valence-electron chi connectivity index (χ2n) is 6.41. The number of hydrogen-bond donors (Lipinski definition) is 1. The van der Waals surface area contributed by atoms with Crippen LogP contribution in [0.3, 0.4) is 0 Å². The van der Waals surface area contributed by atoms with Crippen molar-refractivity contribution in [3.05, 3.63) is 90.0 Å². The summed E-state index contributed by atoms with van der Waals surface area (Å²) in [4.78, 5) is 0. The average molecular weight is 377 g/mol. The monoisotopic (exact) mass is 377 g/mol. The summed E-state index contributed by atoms with van der Waals surface area (Å²) in [6, 6.07) is 26.5. The Morgan fingerprint density at radius 3 is 2.43 bits per heavy atom. The van der Waals surface area contributed by atoms with Gasteiger partial charge in [0.1, 0.15) is 18.1 Å². The van der Waals surface area contributed by atoms with Gasteiger partial charge in [-0.05, 0) is 23.8 Å². The van der Waals surface area contributed by atoms with Crippen LogP contribution in [-0.2, 0) is 17.7 Å². The minimum Gasteiger partial charge on any atom is -0.493 e. The standard InChI is InChI=1S/C24H27NO3/c1-26-16-17-28-24-13-6-5-10-21(24)19-25-22-11-7-12-23(18-22)27-15-14-20-8-3-2-4-9-20/h2-13,18,25H,14-17,19H2,1H3. The molecule has 3 rings (SSSR count). The Balaban J connectivity index is 1.52. The van der Waals surface area contributed by atoms with Gasteiger partial charge in [-0.25, -0.2) is 0 Å². The van der Waals surface area contributed by atoms with Crippen molar-refractivity contribution >= 4 is 5.69 Å². The van der Waals surface area contributed by atoms with Gasteiger partial charge >= 0.3 is 0 Å². The van der Waals surface area contributed by atoms with Crippen LogP contribution in [0.4, 0.5) is 5.69 Å². The quantitative estimate of drug-likeness (QED) is 0.480. The number of methoxy groups -OCH3 is 1. The number of hydrogen-bond acceptors (Lipinski definition) is 4. The Morgan fingerprint density at radius 1 is 0.750 bits per heavy atom. The molecule has 146 valence electrons. The second kappa shape index (κ2) is 11.0. The predicted molar refractivity (Wildman–Crippen MR) is 113 cm³/mol. The number of rotatable bonds is 11. The van der Waals surface area contributed by atoms with Gasteiger partial charge in [0, 0.05) is 37.4 Å². The lowest BCUT2D eigenvalue weighted by molar-refractivity contribution is 0.146. The van der Waals surface area contributed by atoms with Gasteiger partial charge in [0.05, 0.1) is 13.2 Å². The number of anilines is 1. The molecule has 0 aromatic heterocycles. The minimum atomic E-state index is 0.540. The molecule has 0 atom stereocenters. The van der Waals surface area contributed by atoms with Crippen LogP contribution in [0.5, 0.6) is 11.5 Å². The van der Waals surface area contributed by atoms with E-state index in [4.69, 9.17) is 14.2 Å². The highest BCUT2D eigenvalue weighted by molar-refractivity contribution is 5.49. The van der Waals surface area contributed by atoms with E-state index in [1.165, 1.54) is 5.56 Å². The largest absolute Gasteiger partial charge is 0.493 e. The van der Waals surface area contributed by atoms with Gasteiger partial charge < -0.3 is 19.5 Å². The molecule has 3 aromatic carbocycles. The molecule has 0 unspecified atom stereocenters. The van der Waals surface area contributed by atoms with Gasteiger partial charge in [0.25, 0.3) is 0 Å². The third-order valence-corrected chi connectivity index (χ3v) is 4.34. The zero-order chi connectivity index (χ0) is 19.4. The lowest BCUT2D eigenvalue weighted by Crippen LogP contribution is -2.08. The molecule has 0 saturated carbocycles. The highest BCUT2D eigenvalue weighted by atomic mass is 16.5. The van der Waals surface area contributed by atoms with E-state index < -0.39 is 0 Å². The predicted octanol–water partition coefficient (Wildman–Crippen LogP) is 4.95. The van der Waals surface area contributed by atoms with Crippen molar-refractivity contribution in [2.24, 2.45) is 0 Å². The third-order valence-electron chi connectivity index (χ3n) is 4.34. The van der Waals surface area contributed by atoms with E-state index in [1.807, 2.05) is 48.5 Å². The number of ether oxygens (including phenoxy) is 3. The Kier molecular flexibility index (Phi) is 7.77. The van der Waals surface area contributed by atoms with E-state index in [0.29, 0.717) is 26.4 Å². The van der Waals surface area contributed by atoms with Gasteiger partial charge in [0.2, 0.25) is 0 Å². The summed E-state index contributed by atoms with van der Waals surface area (Å²) >= 11 is 0. The molecule has 0 amide bonds. The van der Waals surface area contributed by atoms with E-state index in [2.05, 4.69) is 35.6 Å². The molecular weight excluding hydrogens is 350 g/mol. The van der Waals surface area contributed by atoms with Gasteiger partial charge in [-0.15, -0.1) is 0 Å². The highest BCUT2D eigenvalue weighted by Crippen LogP contribution is 2.22. The van der Waals surface area contributed by atoms with Gasteiger partial charge in [-0.2, -0.15) is 0 Å². The number of para-hydroxylation sites is 1. The SMILES string of the molecule is COCCOc1ccccc1CNc1cccc(OCCc2ccccc2)c1. The van der Waals surface area contributed by atoms with Crippen LogP contribution in [0.15, 0.2) is 78.9 Å². The number of benzene rings is 3. The van der Waals surface area contributed by atoms with Crippen molar-refractivity contribution in [2.75, 3.05) is 32.2 Å². The molecule has 28 heavy (non-hydrogen) atoms. The lowest BCUT2D eigenvalue weighted by Gasteiger charge is -2.13. The summed E-state index contributed by atoms with van der Waals surface area (Å²) in [5.74, 6) is 1.74. The van der Waals surface area contributed by atoms with Gasteiger partial charge in [0.15, 0.2) is 0 Å². The van der Waals surface area contributed by atoms with Crippen molar-refractivity contribution in [3.8, 4) is 11.5 Å². The van der Waals surface area contributed by atoms with Gasteiger partial charge in [-0.3, -0.25) is 0 Å². The highest BCUT2D eigenvalue weighted by Gasteiger charge is 2.04. The second-order valence-corrected chi connectivity index (χ2v) is 6.41. The van der Waals surface area contributed by atoms with Crippen LogP contribution < -0.4 is 14.8 Å². The molecule has 4 nitrogen and oxygen atoms in total. The van der Waals surface area contributed by atoms with Crippen molar-refractivity contribution in [1.29, 1.82) is 0 Å². The summed E-state index contributed by atoms with van der Waals surface area (Å²) < 4.78 is 16.8. The Morgan fingerprint density at radius 2 is 1.57 bits per heavy atom. The van der Waals surface area contributed by atoms with Crippen molar-refractivity contribution in [2.45, 2.75) is 13.0 Å². The van der Waals surface area contributed by atoms with E-state index in [-0.39, 0.29) is 0 Å². The third kappa shape index (κ3) is 6.32. The smallest absolute Gasteiger partial charge is 0.124 e. The molecule has 0 aliphatic heterocycles. The van der Waals surface area contributed by atoms with Gasteiger partial charge in [-0.1, -0.05) is 54.6 Å². The van der Waals surface area contributed by atoms with E-state index in [1.54, 1.807) is 7.11 Å². The number of nitrogens with one attached hydrogen (secondary N) is 1. The zero-order valence-electron chi connectivity index (χ0n) is 16.3. The zero-order valence-corrected chi connectivity index (χ0v) is 16.3. The van der Waals surface area contributed by atoms with Crippen LogP contribution in [0.1, 0.15) is 11.1 Å². The molecule has 0 heterocycles. The van der Waals surface area contributed by atoms with Crippen molar-refractivity contribution in [3.63, 3.8) is 0 Å². The molecule has 0 aliphatic carbocycles.